The fraction of sp³-hybridized carbons (Fsp3) is 0.125. The Kier molecular flexibility index (Phi) is 3.54. The van der Waals surface area contributed by atoms with Gasteiger partial charge >= 0.3 is 6.03 Å². The predicted molar refractivity (Wildman–Crippen MR) is 50.2 cm³/mol. The number of nitrogens with one attached hydrogen (secondary N) is 1. The van der Waals surface area contributed by atoms with Crippen LogP contribution in [-0.4, -0.2) is 17.7 Å². The van der Waals surface area contributed by atoms with Crippen molar-refractivity contribution in [2.45, 2.75) is 0 Å². The topological polar surface area (TPSA) is 41.6 Å². The summed E-state index contributed by atoms with van der Waals surface area (Å²) in [6.45, 7) is 0. The van der Waals surface area contributed by atoms with E-state index in [1.165, 1.54) is 7.11 Å². The summed E-state index contributed by atoms with van der Waals surface area (Å²) in [5.74, 6) is 0. The first-order chi connectivity index (χ1) is 6.24. The van der Waals surface area contributed by atoms with E-state index in [1.54, 1.807) is 24.3 Å². The number of carbonyl (C=O) groups excluding carboxylic acids is 1. The van der Waals surface area contributed by atoms with Gasteiger partial charge in [-0.15, -0.1) is 4.58 Å². The number of anilines is 1. The van der Waals surface area contributed by atoms with Crippen LogP contribution in [0.25, 0.3) is 0 Å². The van der Waals surface area contributed by atoms with Gasteiger partial charge in [0.25, 0.3) is 0 Å². The maximum absolute atomic E-state index is 11.1. The SMILES string of the molecule is CON(Cl)C(=O)Nc1ccccc1. The van der Waals surface area contributed by atoms with Crippen molar-refractivity contribution in [3.05, 3.63) is 30.3 Å². The third-order valence-corrected chi connectivity index (χ3v) is 1.64. The highest BCUT2D eigenvalue weighted by molar-refractivity contribution is 6.21. The molecule has 0 saturated carbocycles. The zero-order valence-electron chi connectivity index (χ0n) is 7.03. The van der Waals surface area contributed by atoms with Crippen LogP contribution >= 0.6 is 11.8 Å². The van der Waals surface area contributed by atoms with Gasteiger partial charge in [-0.2, -0.15) is 0 Å². The number of hydrogen-bond acceptors (Lipinski definition) is 2. The number of amides is 2. The van der Waals surface area contributed by atoms with Crippen molar-refractivity contribution in [1.29, 1.82) is 0 Å². The van der Waals surface area contributed by atoms with Crippen LogP contribution in [0.5, 0.6) is 0 Å². The van der Waals surface area contributed by atoms with Crippen LogP contribution in [0.3, 0.4) is 0 Å². The minimum Gasteiger partial charge on any atom is -0.305 e. The van der Waals surface area contributed by atoms with Crippen molar-refractivity contribution in [2.75, 3.05) is 12.4 Å². The normalized spacial score (nSPS) is 9.38. The molecule has 0 saturated heterocycles. The number of halogens is 1. The molecule has 0 fully saturated rings. The van der Waals surface area contributed by atoms with E-state index >= 15 is 0 Å². The van der Waals surface area contributed by atoms with Gasteiger partial charge in [-0.05, 0) is 12.1 Å². The first-order valence-corrected chi connectivity index (χ1v) is 3.94. The zero-order chi connectivity index (χ0) is 9.68. The molecule has 0 aromatic heterocycles. The van der Waals surface area contributed by atoms with Gasteiger partial charge in [0.05, 0.1) is 7.11 Å². The van der Waals surface area contributed by atoms with E-state index in [-0.39, 0.29) is 0 Å². The number of hydroxylamine groups is 1. The maximum atomic E-state index is 11.1. The molecule has 0 bridgehead atoms. The molecular formula is C8H9ClN2O2. The number of hydrogen-bond donors (Lipinski definition) is 1. The van der Waals surface area contributed by atoms with Gasteiger partial charge in [-0.1, -0.05) is 18.2 Å². The van der Waals surface area contributed by atoms with Gasteiger partial charge in [0, 0.05) is 17.5 Å². The molecule has 0 heterocycles. The summed E-state index contributed by atoms with van der Waals surface area (Å²) in [6.07, 6.45) is 0. The first-order valence-electron chi connectivity index (χ1n) is 3.60. The smallest absolute Gasteiger partial charge is 0.305 e. The average Bonchev–Trinajstić information content (AvgIpc) is 2.18. The summed E-state index contributed by atoms with van der Waals surface area (Å²) in [6, 6.07) is 8.43. The molecule has 0 radical (unpaired) electrons. The highest BCUT2D eigenvalue weighted by Gasteiger charge is 2.09. The Balaban J connectivity index is 2.55. The number of carbonyl (C=O) groups is 1. The van der Waals surface area contributed by atoms with E-state index in [4.69, 9.17) is 11.8 Å². The third-order valence-electron chi connectivity index (χ3n) is 1.35. The number of benzene rings is 1. The zero-order valence-corrected chi connectivity index (χ0v) is 7.78. The third kappa shape index (κ3) is 2.93. The fourth-order valence-corrected chi connectivity index (χ4v) is 0.814. The Labute approximate surface area is 81.1 Å². The number of urea groups is 1. The van der Waals surface area contributed by atoms with Crippen molar-refractivity contribution < 1.29 is 9.63 Å². The standard InChI is InChI=1S/C8H9ClN2O2/c1-13-11(9)8(12)10-7-5-3-2-4-6-7/h2-6H,1H3,(H,10,12). The second-order valence-electron chi connectivity index (χ2n) is 2.22. The molecule has 0 aliphatic carbocycles. The van der Waals surface area contributed by atoms with Crippen LogP contribution in [0.15, 0.2) is 30.3 Å². The monoisotopic (exact) mass is 200 g/mol. The highest BCUT2D eigenvalue weighted by atomic mass is 35.5. The Bertz CT molecular complexity index is 279. The molecule has 0 aliphatic heterocycles. The molecule has 13 heavy (non-hydrogen) atoms. The Hall–Kier alpha value is -1.26. The minimum atomic E-state index is -0.532. The largest absolute Gasteiger partial charge is 0.361 e. The first kappa shape index (κ1) is 9.83. The lowest BCUT2D eigenvalue weighted by Gasteiger charge is -2.10. The lowest BCUT2D eigenvalue weighted by atomic mass is 10.3. The molecular weight excluding hydrogens is 192 g/mol. The minimum absolute atomic E-state index is 0.532. The van der Waals surface area contributed by atoms with Crippen LogP contribution in [0, 0.1) is 0 Å². The Morgan fingerprint density at radius 1 is 1.46 bits per heavy atom. The van der Waals surface area contributed by atoms with Gasteiger partial charge in [-0.25, -0.2) is 4.79 Å². The molecule has 1 rings (SSSR count). The quantitative estimate of drug-likeness (QED) is 0.588. The van der Waals surface area contributed by atoms with Crippen molar-refractivity contribution in [1.82, 2.24) is 4.58 Å². The van der Waals surface area contributed by atoms with Crippen LogP contribution < -0.4 is 5.32 Å². The number of nitrogens with zero attached hydrogens (tertiary/aromatic N) is 1. The molecule has 1 aromatic rings. The van der Waals surface area contributed by atoms with Crippen molar-refractivity contribution in [3.63, 3.8) is 0 Å². The number of para-hydroxylation sites is 1. The highest BCUT2D eigenvalue weighted by Crippen LogP contribution is 2.07. The van der Waals surface area contributed by atoms with Crippen molar-refractivity contribution in [3.8, 4) is 0 Å². The van der Waals surface area contributed by atoms with E-state index < -0.39 is 6.03 Å². The van der Waals surface area contributed by atoms with Gasteiger partial charge in [0.2, 0.25) is 0 Å². The molecule has 1 aromatic carbocycles. The van der Waals surface area contributed by atoms with E-state index in [0.29, 0.717) is 10.3 Å². The van der Waals surface area contributed by atoms with Gasteiger partial charge in [-0.3, -0.25) is 4.84 Å². The molecule has 0 unspecified atom stereocenters. The van der Waals surface area contributed by atoms with Crippen LogP contribution in [0.1, 0.15) is 0 Å². The Morgan fingerprint density at radius 2 is 2.08 bits per heavy atom. The summed E-state index contributed by atoms with van der Waals surface area (Å²) < 4.78 is 0.590. The summed E-state index contributed by atoms with van der Waals surface area (Å²) in [7, 11) is 1.30. The van der Waals surface area contributed by atoms with Gasteiger partial charge < -0.3 is 5.32 Å². The van der Waals surface area contributed by atoms with Crippen LogP contribution in [0.2, 0.25) is 0 Å². The maximum Gasteiger partial charge on any atom is 0.361 e. The molecule has 5 heteroatoms. The molecule has 2 amide bonds. The molecule has 0 atom stereocenters. The molecule has 70 valence electrons. The molecule has 0 spiro atoms. The fourth-order valence-electron chi connectivity index (χ4n) is 0.772. The van der Waals surface area contributed by atoms with Gasteiger partial charge in [0.15, 0.2) is 0 Å². The van der Waals surface area contributed by atoms with E-state index in [1.807, 2.05) is 6.07 Å². The molecule has 1 N–H and O–H groups in total. The Morgan fingerprint density at radius 3 is 2.62 bits per heavy atom. The lowest BCUT2D eigenvalue weighted by molar-refractivity contribution is -0.00376. The number of rotatable bonds is 2. The second kappa shape index (κ2) is 4.69. The van der Waals surface area contributed by atoms with E-state index in [9.17, 15) is 4.79 Å². The summed E-state index contributed by atoms with van der Waals surface area (Å²) in [5, 5.41) is 2.52. The van der Waals surface area contributed by atoms with E-state index in [0.717, 1.165) is 0 Å². The van der Waals surface area contributed by atoms with Crippen LogP contribution in [0.4, 0.5) is 10.5 Å². The lowest BCUT2D eigenvalue weighted by Crippen LogP contribution is -2.25. The van der Waals surface area contributed by atoms with Gasteiger partial charge in [0.1, 0.15) is 0 Å². The molecule has 4 nitrogen and oxygen atoms in total. The van der Waals surface area contributed by atoms with E-state index in [2.05, 4.69) is 10.2 Å². The van der Waals surface area contributed by atoms with Crippen molar-refractivity contribution in [2.24, 2.45) is 0 Å². The van der Waals surface area contributed by atoms with Crippen molar-refractivity contribution >= 4 is 23.5 Å². The summed E-state index contributed by atoms with van der Waals surface area (Å²) in [4.78, 5) is 15.6. The molecule has 0 aliphatic rings. The van der Waals surface area contributed by atoms with Crippen LogP contribution in [-0.2, 0) is 4.84 Å². The summed E-state index contributed by atoms with van der Waals surface area (Å²) in [5.41, 5.74) is 0.662. The average molecular weight is 201 g/mol. The summed E-state index contributed by atoms with van der Waals surface area (Å²) >= 11 is 5.36. The predicted octanol–water partition coefficient (Wildman–Crippen LogP) is 2.24. The second-order valence-corrected chi connectivity index (χ2v) is 2.53.